The Morgan fingerprint density at radius 2 is 1.84 bits per heavy atom. The molecule has 0 bridgehead atoms. The van der Waals surface area contributed by atoms with Crippen molar-refractivity contribution >= 4 is 57.6 Å². The number of aromatic nitrogens is 1. The molecule has 1 aromatic heterocycles. The second-order valence-corrected chi connectivity index (χ2v) is 12.8. The number of primary amides is 1. The molecular weight excluding hydrogens is 646 g/mol. The number of benzene rings is 2. The highest BCUT2D eigenvalue weighted by Gasteiger charge is 2.40. The summed E-state index contributed by atoms with van der Waals surface area (Å²) in [5, 5.41) is 21.7. The van der Waals surface area contributed by atoms with E-state index >= 15 is 0 Å². The summed E-state index contributed by atoms with van der Waals surface area (Å²) >= 11 is 0. The van der Waals surface area contributed by atoms with Crippen molar-refractivity contribution in [3.05, 3.63) is 65.9 Å². The molecule has 50 heavy (non-hydrogen) atoms. The molecule has 4 heterocycles. The van der Waals surface area contributed by atoms with Crippen molar-refractivity contribution in [1.29, 1.82) is 0 Å². The maximum absolute atomic E-state index is 13.9. The van der Waals surface area contributed by atoms with E-state index in [-0.39, 0.29) is 38.1 Å². The largest absolute Gasteiger partial charge is 0.461 e. The van der Waals surface area contributed by atoms with E-state index in [2.05, 4.69) is 26.3 Å². The molecule has 0 saturated carbocycles. The van der Waals surface area contributed by atoms with Crippen LogP contribution >= 0.6 is 0 Å². The number of H-pyrrole nitrogens is 1. The van der Waals surface area contributed by atoms with Gasteiger partial charge in [-0.05, 0) is 61.6 Å². The maximum Gasteiger partial charge on any atom is 0.247 e. The molecule has 262 valence electrons. The van der Waals surface area contributed by atoms with Crippen LogP contribution in [0, 0.1) is 0 Å². The Balaban J connectivity index is 1.21. The third kappa shape index (κ3) is 7.47. The van der Waals surface area contributed by atoms with Crippen LogP contribution in [0.1, 0.15) is 50.2 Å². The fourth-order valence-corrected chi connectivity index (χ4v) is 6.71. The second-order valence-electron chi connectivity index (χ2n) is 12.8. The molecule has 2 saturated heterocycles. The van der Waals surface area contributed by atoms with Gasteiger partial charge in [0.05, 0.1) is 6.42 Å². The molecule has 3 aliphatic heterocycles. The monoisotopic (exact) mass is 685 g/mol. The Morgan fingerprint density at radius 3 is 2.60 bits per heavy atom. The number of likely N-dealkylation sites (tertiary alicyclic amines) is 1. The number of nitrogens with zero attached hydrogens (tertiary/aromatic N) is 1. The molecule has 2 aromatic carbocycles. The van der Waals surface area contributed by atoms with Gasteiger partial charge in [0.2, 0.25) is 41.7 Å². The number of carbonyl (C=O) groups excluding carboxylic acids is 6. The first-order valence-electron chi connectivity index (χ1n) is 16.5. The molecule has 3 aliphatic rings. The van der Waals surface area contributed by atoms with Gasteiger partial charge in [-0.15, -0.1) is 0 Å². The Labute approximate surface area is 287 Å². The molecule has 5 atom stereocenters. The number of para-hydroxylation sites is 1. The van der Waals surface area contributed by atoms with Crippen molar-refractivity contribution in [3.8, 4) is 5.75 Å². The van der Waals surface area contributed by atoms with E-state index in [4.69, 9.17) is 10.5 Å². The van der Waals surface area contributed by atoms with Crippen LogP contribution in [0.5, 0.6) is 5.75 Å². The van der Waals surface area contributed by atoms with Crippen LogP contribution in [0.3, 0.4) is 0 Å². The molecule has 3 aromatic rings. The molecular formula is C35H39N7O8. The number of nitrogens with two attached hydrogens (primary N) is 1. The molecule has 6 rings (SSSR count). The van der Waals surface area contributed by atoms with Crippen LogP contribution in [0.4, 0.5) is 5.69 Å². The number of allylic oxidation sites excluding steroid dienone is 1. The van der Waals surface area contributed by atoms with Gasteiger partial charge < -0.3 is 46.7 Å². The number of rotatable bonds is 11. The number of fused-ring (bicyclic) bond motifs is 2. The average molecular weight is 686 g/mol. The van der Waals surface area contributed by atoms with E-state index in [1.165, 1.54) is 4.90 Å². The predicted molar refractivity (Wildman–Crippen MR) is 181 cm³/mol. The van der Waals surface area contributed by atoms with E-state index < -0.39 is 66.4 Å². The van der Waals surface area contributed by atoms with E-state index in [0.717, 1.165) is 27.6 Å². The van der Waals surface area contributed by atoms with Crippen LogP contribution in [0.25, 0.3) is 16.5 Å². The molecule has 0 radical (unpaired) electrons. The zero-order valence-corrected chi connectivity index (χ0v) is 27.4. The summed E-state index contributed by atoms with van der Waals surface area (Å²) in [7, 11) is 0. The van der Waals surface area contributed by atoms with E-state index in [1.807, 2.05) is 31.2 Å². The maximum atomic E-state index is 13.9. The van der Waals surface area contributed by atoms with Gasteiger partial charge in [-0.3, -0.25) is 28.8 Å². The molecule has 0 spiro atoms. The summed E-state index contributed by atoms with van der Waals surface area (Å²) in [4.78, 5) is 82.4. The number of aliphatic hydroxyl groups is 1. The van der Waals surface area contributed by atoms with Gasteiger partial charge in [0.15, 0.2) is 0 Å². The first-order valence-corrected chi connectivity index (χ1v) is 16.5. The molecule has 15 nitrogen and oxygen atoms in total. The lowest BCUT2D eigenvalue weighted by Gasteiger charge is -2.30. The minimum Gasteiger partial charge on any atom is -0.461 e. The highest BCUT2D eigenvalue weighted by atomic mass is 16.6. The first-order chi connectivity index (χ1) is 24.0. The van der Waals surface area contributed by atoms with Crippen LogP contribution in [0.15, 0.2) is 54.7 Å². The van der Waals surface area contributed by atoms with Gasteiger partial charge in [-0.2, -0.15) is 0 Å². The predicted octanol–water partition coefficient (Wildman–Crippen LogP) is 0.578. The molecule has 6 amide bonds. The van der Waals surface area contributed by atoms with Crippen LogP contribution in [-0.2, 0) is 35.2 Å². The number of anilines is 1. The Kier molecular flexibility index (Phi) is 9.86. The molecule has 2 fully saturated rings. The van der Waals surface area contributed by atoms with Crippen molar-refractivity contribution in [2.75, 3.05) is 11.9 Å². The fourth-order valence-electron chi connectivity index (χ4n) is 6.71. The first kappa shape index (κ1) is 34.2. The van der Waals surface area contributed by atoms with E-state index in [9.17, 15) is 33.9 Å². The number of nitrogens with one attached hydrogen (secondary N) is 5. The quantitative estimate of drug-likeness (QED) is 0.151. The van der Waals surface area contributed by atoms with Crippen molar-refractivity contribution in [3.63, 3.8) is 0 Å². The van der Waals surface area contributed by atoms with Gasteiger partial charge in [0.25, 0.3) is 0 Å². The van der Waals surface area contributed by atoms with Crippen molar-refractivity contribution < 1.29 is 38.6 Å². The van der Waals surface area contributed by atoms with Crippen LogP contribution < -0.4 is 31.7 Å². The zero-order valence-electron chi connectivity index (χ0n) is 27.4. The highest BCUT2D eigenvalue weighted by molar-refractivity contribution is 6.01. The summed E-state index contributed by atoms with van der Waals surface area (Å²) in [5.41, 5.74) is 9.02. The van der Waals surface area contributed by atoms with E-state index in [1.54, 1.807) is 30.5 Å². The average Bonchev–Trinajstić information content (AvgIpc) is 3.84. The third-order valence-corrected chi connectivity index (χ3v) is 9.22. The van der Waals surface area contributed by atoms with E-state index in [0.29, 0.717) is 17.9 Å². The summed E-state index contributed by atoms with van der Waals surface area (Å²) in [6, 6.07) is 8.33. The van der Waals surface area contributed by atoms with Crippen molar-refractivity contribution in [1.82, 2.24) is 25.8 Å². The fraction of sp³-hybridized carbons (Fsp3) is 0.371. The minimum atomic E-state index is -1.35. The Bertz CT molecular complexity index is 1890. The molecule has 15 heteroatoms. The van der Waals surface area contributed by atoms with Gasteiger partial charge in [-0.25, -0.2) is 0 Å². The number of aromatic amines is 1. The second kappa shape index (κ2) is 14.4. The van der Waals surface area contributed by atoms with Gasteiger partial charge in [0.1, 0.15) is 29.9 Å². The lowest BCUT2D eigenvalue weighted by atomic mass is 10.0. The number of ether oxygens (including phenoxy) is 1. The number of carbonyl (C=O) groups is 6. The van der Waals surface area contributed by atoms with Gasteiger partial charge in [-0.1, -0.05) is 18.2 Å². The third-order valence-electron chi connectivity index (χ3n) is 9.22. The topological polar surface area (TPSA) is 225 Å². The molecule has 0 aliphatic carbocycles. The summed E-state index contributed by atoms with van der Waals surface area (Å²) in [6.07, 6.45) is 2.98. The summed E-state index contributed by atoms with van der Waals surface area (Å²) < 4.78 is 5.53. The number of amides is 6. The highest BCUT2D eigenvalue weighted by Crippen LogP contribution is 2.33. The number of aliphatic hydroxyl groups excluding tert-OH is 1. The minimum absolute atomic E-state index is 0.109. The van der Waals surface area contributed by atoms with Crippen LogP contribution in [0.2, 0.25) is 0 Å². The Hall–Kier alpha value is -5.70. The van der Waals surface area contributed by atoms with Crippen molar-refractivity contribution in [2.24, 2.45) is 5.73 Å². The standard InChI is InChI=1S/C35H39N7O8/c1-18-13-31(45)50-28-15-20(8-9-21(18)28)38-33(47)25(14-19-17-37-23-6-3-2-5-22(19)23)40-34(48)27-7-4-12-42(27)35(49)26(16-29(36)43)41-32(46)24-10-11-30(44)39-24/h2-3,5-6,8-9,13,15,17,24-27,31,37,45H,4,7,10-12,14,16H2,1H3,(H2,36,43)(H,38,47)(H,39,44)(H,40,48)(H,41,46)/t24-,25+,26-,27-,31?/m0/s1. The summed E-state index contributed by atoms with van der Waals surface area (Å²) in [5.74, 6) is -3.14. The molecule has 8 N–H and O–H groups in total. The SMILES string of the molecule is CC1=CC(O)Oc2cc(NC(=O)[C@@H](Cc3c[nH]c4ccccc34)NC(=O)[C@@H]3CCCN3C(=O)[C@H](CC(N)=O)NC(=O)[C@@H]3CCC(=O)N3)ccc21. The van der Waals surface area contributed by atoms with Gasteiger partial charge >= 0.3 is 0 Å². The zero-order chi connectivity index (χ0) is 35.5. The molecule has 1 unspecified atom stereocenters. The lowest BCUT2D eigenvalue weighted by Crippen LogP contribution is -2.57. The van der Waals surface area contributed by atoms with Crippen LogP contribution in [-0.4, -0.2) is 87.4 Å². The lowest BCUT2D eigenvalue weighted by molar-refractivity contribution is -0.143. The Morgan fingerprint density at radius 1 is 1.06 bits per heavy atom. The number of hydrogen-bond acceptors (Lipinski definition) is 8. The summed E-state index contributed by atoms with van der Waals surface area (Å²) in [6.45, 7) is 2.02. The normalized spacial score (nSPS) is 20.9. The smallest absolute Gasteiger partial charge is 0.247 e. The van der Waals surface area contributed by atoms with Gasteiger partial charge in [0, 0.05) is 53.8 Å². The number of hydrogen-bond donors (Lipinski definition) is 7. The van der Waals surface area contributed by atoms with Crippen molar-refractivity contribution in [2.45, 2.75) is 75.9 Å².